The fourth-order valence-electron chi connectivity index (χ4n) is 1.98. The quantitative estimate of drug-likeness (QED) is 0.699. The summed E-state index contributed by atoms with van der Waals surface area (Å²) in [4.78, 5) is 4.64. The maximum absolute atomic E-state index is 9.37. The molecule has 1 aliphatic rings. The Kier molecular flexibility index (Phi) is 4.12. The Balaban J connectivity index is 2.73. The van der Waals surface area contributed by atoms with Crippen LogP contribution in [0.25, 0.3) is 0 Å². The number of rotatable bonds is 3. The molecule has 90 valence electrons. The molecule has 0 aromatic heterocycles. The van der Waals surface area contributed by atoms with E-state index in [-0.39, 0.29) is 6.61 Å². The van der Waals surface area contributed by atoms with Crippen molar-refractivity contribution in [2.75, 3.05) is 26.4 Å². The van der Waals surface area contributed by atoms with Crippen molar-refractivity contribution >= 4 is 0 Å². The van der Waals surface area contributed by atoms with Gasteiger partial charge in [0.05, 0.1) is 18.8 Å². The fourth-order valence-corrected chi connectivity index (χ4v) is 1.98. The van der Waals surface area contributed by atoms with Crippen LogP contribution in [0.4, 0.5) is 0 Å². The van der Waals surface area contributed by atoms with Crippen LogP contribution >= 0.6 is 0 Å². The third-order valence-electron chi connectivity index (χ3n) is 3.17. The first-order chi connectivity index (χ1) is 6.88. The van der Waals surface area contributed by atoms with Gasteiger partial charge in [-0.2, -0.15) is 0 Å². The summed E-state index contributed by atoms with van der Waals surface area (Å²) in [6.07, 6.45) is 0. The van der Waals surface area contributed by atoms with Crippen molar-refractivity contribution < 1.29 is 5.11 Å². The second-order valence-electron chi connectivity index (χ2n) is 5.34. The first-order valence-electron chi connectivity index (χ1n) is 5.76. The van der Waals surface area contributed by atoms with Gasteiger partial charge in [-0.1, -0.05) is 0 Å². The zero-order chi connectivity index (χ0) is 11.6. The van der Waals surface area contributed by atoms with Crippen molar-refractivity contribution in [3.8, 4) is 0 Å². The third kappa shape index (κ3) is 3.14. The molecule has 0 amide bonds. The molecule has 0 spiro atoms. The highest BCUT2D eigenvalue weighted by molar-refractivity contribution is 4.95. The Bertz CT molecular complexity index is 190. The first-order valence-corrected chi connectivity index (χ1v) is 5.76. The van der Waals surface area contributed by atoms with Crippen LogP contribution in [0.5, 0.6) is 0 Å². The summed E-state index contributed by atoms with van der Waals surface area (Å²) in [5, 5.41) is 9.37. The molecule has 1 saturated heterocycles. The lowest BCUT2D eigenvalue weighted by molar-refractivity contribution is -0.0202. The van der Waals surface area contributed by atoms with E-state index in [1.807, 2.05) is 0 Å². The molecule has 1 rings (SSSR count). The summed E-state index contributed by atoms with van der Waals surface area (Å²) in [5.41, 5.74) is 5.72. The Hall–Kier alpha value is -0.160. The Labute approximate surface area is 93.0 Å². The number of hydrogen-bond acceptors (Lipinski definition) is 4. The second-order valence-corrected chi connectivity index (χ2v) is 5.34. The van der Waals surface area contributed by atoms with Crippen LogP contribution in [0.1, 0.15) is 27.7 Å². The lowest BCUT2D eigenvalue weighted by Gasteiger charge is -2.48. The molecule has 0 aliphatic carbocycles. The lowest BCUT2D eigenvalue weighted by Crippen LogP contribution is -2.67. The zero-order valence-electron chi connectivity index (χ0n) is 10.4. The molecule has 1 heterocycles. The van der Waals surface area contributed by atoms with Gasteiger partial charge in [0.2, 0.25) is 0 Å². The van der Waals surface area contributed by atoms with Gasteiger partial charge in [-0.05, 0) is 27.7 Å². The summed E-state index contributed by atoms with van der Waals surface area (Å²) in [6.45, 7) is 11.2. The average Bonchev–Trinajstić information content (AvgIpc) is 2.17. The number of aliphatic hydroxyl groups is 1. The number of nitrogens with two attached hydrogens (primary N) is 1. The second kappa shape index (κ2) is 4.78. The van der Waals surface area contributed by atoms with Crippen LogP contribution in [0.2, 0.25) is 0 Å². The van der Waals surface area contributed by atoms with E-state index in [0.717, 1.165) is 19.8 Å². The Morgan fingerprint density at radius 2 is 1.53 bits per heavy atom. The molecule has 0 unspecified atom stereocenters. The van der Waals surface area contributed by atoms with E-state index in [0.29, 0.717) is 12.1 Å². The molecule has 1 aliphatic heterocycles. The highest BCUT2D eigenvalue weighted by atomic mass is 16.3. The van der Waals surface area contributed by atoms with Crippen LogP contribution in [0.15, 0.2) is 0 Å². The van der Waals surface area contributed by atoms with E-state index >= 15 is 0 Å². The van der Waals surface area contributed by atoms with Gasteiger partial charge in [0.25, 0.3) is 0 Å². The maximum Gasteiger partial charge on any atom is 0.0647 e. The highest BCUT2D eigenvalue weighted by Gasteiger charge is 2.36. The first kappa shape index (κ1) is 12.9. The predicted molar refractivity (Wildman–Crippen MR) is 62.6 cm³/mol. The van der Waals surface area contributed by atoms with Crippen molar-refractivity contribution in [3.05, 3.63) is 0 Å². The van der Waals surface area contributed by atoms with Gasteiger partial charge in [-0.15, -0.1) is 0 Å². The van der Waals surface area contributed by atoms with Crippen LogP contribution < -0.4 is 5.73 Å². The van der Waals surface area contributed by atoms with Crippen LogP contribution in [0.3, 0.4) is 0 Å². The molecular formula is C11H25N3O. The van der Waals surface area contributed by atoms with Gasteiger partial charge in [0, 0.05) is 25.2 Å². The van der Waals surface area contributed by atoms with Crippen molar-refractivity contribution in [1.82, 2.24) is 9.80 Å². The molecule has 1 fully saturated rings. The summed E-state index contributed by atoms with van der Waals surface area (Å²) < 4.78 is 0. The molecule has 0 aromatic carbocycles. The van der Waals surface area contributed by atoms with Gasteiger partial charge in [-0.25, -0.2) is 0 Å². The highest BCUT2D eigenvalue weighted by Crippen LogP contribution is 2.18. The lowest BCUT2D eigenvalue weighted by atomic mass is 9.97. The zero-order valence-corrected chi connectivity index (χ0v) is 10.4. The van der Waals surface area contributed by atoms with Crippen LogP contribution in [0, 0.1) is 0 Å². The van der Waals surface area contributed by atoms with E-state index in [2.05, 4.69) is 37.5 Å². The summed E-state index contributed by atoms with van der Waals surface area (Å²) in [6, 6.07) is 0.946. The minimum Gasteiger partial charge on any atom is -0.394 e. The van der Waals surface area contributed by atoms with Crippen LogP contribution in [-0.4, -0.2) is 58.9 Å². The standard InChI is InChI=1S/C11H25N3O/c1-9(2)13-5-11(12,7-15)6-14(8-13)10(3)4/h9-10,15H,5-8,12H2,1-4H3. The molecule has 0 aromatic rings. The normalized spacial score (nSPS) is 24.0. The SMILES string of the molecule is CC(C)N1CN(C(C)C)CC(N)(CO)C1. The van der Waals surface area contributed by atoms with E-state index in [4.69, 9.17) is 5.73 Å². The van der Waals surface area contributed by atoms with Crippen LogP contribution in [-0.2, 0) is 0 Å². The number of aliphatic hydroxyl groups excluding tert-OH is 1. The topological polar surface area (TPSA) is 52.7 Å². The monoisotopic (exact) mass is 215 g/mol. The number of nitrogens with zero attached hydrogens (tertiary/aromatic N) is 2. The molecule has 0 saturated carbocycles. The van der Waals surface area contributed by atoms with Crippen molar-refractivity contribution in [2.24, 2.45) is 5.73 Å². The number of hydrogen-bond donors (Lipinski definition) is 2. The minimum absolute atomic E-state index is 0.0550. The molecule has 0 bridgehead atoms. The smallest absolute Gasteiger partial charge is 0.0647 e. The molecular weight excluding hydrogens is 190 g/mol. The molecule has 3 N–H and O–H groups in total. The van der Waals surface area contributed by atoms with Gasteiger partial charge < -0.3 is 10.8 Å². The maximum atomic E-state index is 9.37. The van der Waals surface area contributed by atoms with E-state index in [1.165, 1.54) is 0 Å². The molecule has 0 radical (unpaired) electrons. The summed E-state index contributed by atoms with van der Waals surface area (Å²) in [5.74, 6) is 0. The van der Waals surface area contributed by atoms with Gasteiger partial charge in [-0.3, -0.25) is 9.80 Å². The Morgan fingerprint density at radius 1 is 1.13 bits per heavy atom. The summed E-state index contributed by atoms with van der Waals surface area (Å²) >= 11 is 0. The minimum atomic E-state index is -0.465. The molecule has 0 atom stereocenters. The van der Waals surface area contributed by atoms with Crippen molar-refractivity contribution in [2.45, 2.75) is 45.3 Å². The third-order valence-corrected chi connectivity index (χ3v) is 3.17. The van der Waals surface area contributed by atoms with E-state index < -0.39 is 5.54 Å². The molecule has 4 heteroatoms. The largest absolute Gasteiger partial charge is 0.394 e. The molecule has 15 heavy (non-hydrogen) atoms. The average molecular weight is 215 g/mol. The van der Waals surface area contributed by atoms with Gasteiger partial charge in [0.15, 0.2) is 0 Å². The Morgan fingerprint density at radius 3 is 1.80 bits per heavy atom. The fraction of sp³-hybridized carbons (Fsp3) is 1.00. The van der Waals surface area contributed by atoms with Crippen molar-refractivity contribution in [3.63, 3.8) is 0 Å². The van der Waals surface area contributed by atoms with Gasteiger partial charge >= 0.3 is 0 Å². The summed E-state index contributed by atoms with van der Waals surface area (Å²) in [7, 11) is 0. The van der Waals surface area contributed by atoms with Crippen molar-refractivity contribution in [1.29, 1.82) is 0 Å². The molecule has 4 nitrogen and oxygen atoms in total. The predicted octanol–water partition coefficient (Wildman–Crippen LogP) is 0.0681. The van der Waals surface area contributed by atoms with Gasteiger partial charge in [0.1, 0.15) is 0 Å². The van der Waals surface area contributed by atoms with E-state index in [1.54, 1.807) is 0 Å². The van der Waals surface area contributed by atoms with E-state index in [9.17, 15) is 5.11 Å².